The lowest BCUT2D eigenvalue weighted by molar-refractivity contribution is 0.0929. The molecule has 0 saturated heterocycles. The number of carbonyl (C=O) groups excluding carboxylic acids is 1. The number of furan rings is 1. The molecule has 4 aromatic rings. The van der Waals surface area contributed by atoms with Crippen LogP contribution < -0.4 is 5.43 Å². The van der Waals surface area contributed by atoms with Gasteiger partial charge in [0.15, 0.2) is 5.76 Å². The van der Waals surface area contributed by atoms with Crippen LogP contribution in [0.3, 0.4) is 0 Å². The van der Waals surface area contributed by atoms with Gasteiger partial charge in [-0.05, 0) is 29.0 Å². The van der Waals surface area contributed by atoms with Gasteiger partial charge in [-0.1, -0.05) is 60.1 Å². The highest BCUT2D eigenvalue weighted by molar-refractivity contribution is 6.33. The number of amides is 1. The van der Waals surface area contributed by atoms with Crippen molar-refractivity contribution in [2.45, 2.75) is 0 Å². The Hall–Kier alpha value is -3.11. The van der Waals surface area contributed by atoms with E-state index < -0.39 is 5.91 Å². The molecule has 1 heterocycles. The number of halogens is 1. The largest absolute Gasteiger partial charge is 0.451 e. The van der Waals surface area contributed by atoms with Crippen LogP contribution >= 0.6 is 11.6 Å². The second-order valence-corrected chi connectivity index (χ2v) is 5.94. The smallest absolute Gasteiger partial charge is 0.307 e. The van der Waals surface area contributed by atoms with Gasteiger partial charge in [-0.15, -0.1) is 0 Å². The zero-order chi connectivity index (χ0) is 17.2. The van der Waals surface area contributed by atoms with Crippen molar-refractivity contribution >= 4 is 45.5 Å². The van der Waals surface area contributed by atoms with E-state index in [9.17, 15) is 4.79 Å². The summed E-state index contributed by atoms with van der Waals surface area (Å²) in [6.45, 7) is 0. The van der Waals surface area contributed by atoms with E-state index in [4.69, 9.17) is 16.0 Å². The maximum Gasteiger partial charge on any atom is 0.307 e. The van der Waals surface area contributed by atoms with E-state index in [-0.39, 0.29) is 5.76 Å². The molecule has 0 fully saturated rings. The molecule has 0 bridgehead atoms. The van der Waals surface area contributed by atoms with Gasteiger partial charge in [-0.25, -0.2) is 5.43 Å². The second kappa shape index (κ2) is 6.42. The van der Waals surface area contributed by atoms with E-state index in [1.165, 1.54) is 6.21 Å². The van der Waals surface area contributed by atoms with E-state index in [0.717, 1.165) is 21.7 Å². The van der Waals surface area contributed by atoms with Crippen molar-refractivity contribution in [1.29, 1.82) is 0 Å². The molecule has 1 N–H and O–H groups in total. The minimum atomic E-state index is -0.413. The average Bonchev–Trinajstić information content (AvgIpc) is 3.08. The topological polar surface area (TPSA) is 54.6 Å². The maximum atomic E-state index is 12.3. The van der Waals surface area contributed by atoms with Gasteiger partial charge in [-0.3, -0.25) is 4.79 Å². The summed E-state index contributed by atoms with van der Waals surface area (Å²) < 4.78 is 5.65. The summed E-state index contributed by atoms with van der Waals surface area (Å²) in [7, 11) is 0. The molecule has 0 aliphatic heterocycles. The average molecular weight is 349 g/mol. The first-order valence-electron chi connectivity index (χ1n) is 7.71. The van der Waals surface area contributed by atoms with Crippen LogP contribution in [0, 0.1) is 0 Å². The molecule has 3 aromatic carbocycles. The molecule has 0 unspecified atom stereocenters. The SMILES string of the molecule is O=C(NN=Cc1ccccc1Cl)c1cc2c(ccc3ccccc32)o1. The lowest BCUT2D eigenvalue weighted by atomic mass is 10.1. The van der Waals surface area contributed by atoms with Gasteiger partial charge in [0.1, 0.15) is 5.58 Å². The van der Waals surface area contributed by atoms with Crippen LogP contribution in [0.5, 0.6) is 0 Å². The van der Waals surface area contributed by atoms with E-state index in [2.05, 4.69) is 10.5 Å². The molecule has 1 amide bonds. The van der Waals surface area contributed by atoms with Crippen LogP contribution in [-0.4, -0.2) is 12.1 Å². The lowest BCUT2D eigenvalue weighted by Gasteiger charge is -1.97. The highest BCUT2D eigenvalue weighted by Crippen LogP contribution is 2.28. The number of benzene rings is 3. The van der Waals surface area contributed by atoms with Crippen molar-refractivity contribution in [1.82, 2.24) is 5.43 Å². The summed E-state index contributed by atoms with van der Waals surface area (Å²) in [4.78, 5) is 12.3. The Morgan fingerprint density at radius 1 is 1.00 bits per heavy atom. The van der Waals surface area contributed by atoms with Crippen LogP contribution in [0.2, 0.25) is 5.02 Å². The zero-order valence-corrected chi connectivity index (χ0v) is 13.8. The first-order chi connectivity index (χ1) is 12.2. The lowest BCUT2D eigenvalue weighted by Crippen LogP contribution is -2.16. The Labute approximate surface area is 148 Å². The highest BCUT2D eigenvalue weighted by Gasteiger charge is 2.13. The van der Waals surface area contributed by atoms with Crippen LogP contribution in [0.25, 0.3) is 21.7 Å². The Balaban J connectivity index is 1.60. The normalized spacial score (nSPS) is 11.4. The molecular formula is C20H13ClN2O2. The first kappa shape index (κ1) is 15.4. The number of rotatable bonds is 3. The van der Waals surface area contributed by atoms with E-state index in [1.54, 1.807) is 12.1 Å². The molecule has 0 aliphatic rings. The summed E-state index contributed by atoms with van der Waals surface area (Å²) in [6, 6.07) is 20.8. The number of carbonyl (C=O) groups is 1. The fourth-order valence-electron chi connectivity index (χ4n) is 2.70. The maximum absolute atomic E-state index is 12.3. The number of nitrogens with zero attached hydrogens (tertiary/aromatic N) is 1. The number of hydrogen-bond donors (Lipinski definition) is 1. The minimum Gasteiger partial charge on any atom is -0.451 e. The summed E-state index contributed by atoms with van der Waals surface area (Å²) in [6.07, 6.45) is 1.50. The molecule has 4 rings (SSSR count). The predicted octanol–water partition coefficient (Wildman–Crippen LogP) is 5.00. The molecular weight excluding hydrogens is 336 g/mol. The molecule has 0 radical (unpaired) electrons. The standard InChI is InChI=1S/C20H13ClN2O2/c21-17-8-4-2-6-14(17)12-22-23-20(24)19-11-16-15-7-3-1-5-13(15)9-10-18(16)25-19/h1-12H,(H,23,24). The fraction of sp³-hybridized carbons (Fsp3) is 0. The van der Waals surface area contributed by atoms with Crippen molar-refractivity contribution in [3.05, 3.63) is 83.1 Å². The van der Waals surface area contributed by atoms with Crippen molar-refractivity contribution in [2.24, 2.45) is 5.10 Å². The Morgan fingerprint density at radius 2 is 1.80 bits per heavy atom. The molecule has 0 atom stereocenters. The Bertz CT molecular complexity index is 1120. The van der Waals surface area contributed by atoms with Crippen LogP contribution in [-0.2, 0) is 0 Å². The molecule has 1 aromatic heterocycles. The van der Waals surface area contributed by atoms with Crippen molar-refractivity contribution in [3.63, 3.8) is 0 Å². The predicted molar refractivity (Wildman–Crippen MR) is 100 cm³/mol. The van der Waals surface area contributed by atoms with Crippen LogP contribution in [0.15, 0.2) is 76.2 Å². The van der Waals surface area contributed by atoms with Gasteiger partial charge in [0.05, 0.1) is 6.21 Å². The summed E-state index contributed by atoms with van der Waals surface area (Å²) in [5, 5.41) is 7.55. The third-order valence-corrected chi connectivity index (χ3v) is 4.27. The van der Waals surface area contributed by atoms with Crippen molar-refractivity contribution in [2.75, 3.05) is 0 Å². The van der Waals surface area contributed by atoms with Gasteiger partial charge in [0, 0.05) is 16.0 Å². The van der Waals surface area contributed by atoms with Gasteiger partial charge >= 0.3 is 5.91 Å². The summed E-state index contributed by atoms with van der Waals surface area (Å²) >= 11 is 6.04. The number of hydrazone groups is 1. The molecule has 122 valence electrons. The number of fused-ring (bicyclic) bond motifs is 3. The molecule has 4 nitrogen and oxygen atoms in total. The minimum absolute atomic E-state index is 0.211. The van der Waals surface area contributed by atoms with Gasteiger partial charge < -0.3 is 4.42 Å². The van der Waals surface area contributed by atoms with E-state index >= 15 is 0 Å². The van der Waals surface area contributed by atoms with Crippen molar-refractivity contribution in [3.8, 4) is 0 Å². The number of hydrogen-bond acceptors (Lipinski definition) is 3. The Morgan fingerprint density at radius 3 is 2.68 bits per heavy atom. The first-order valence-corrected chi connectivity index (χ1v) is 8.09. The van der Waals surface area contributed by atoms with Gasteiger partial charge in [0.2, 0.25) is 0 Å². The summed E-state index contributed by atoms with van der Waals surface area (Å²) in [5.41, 5.74) is 3.85. The summed E-state index contributed by atoms with van der Waals surface area (Å²) in [5.74, 6) is -0.203. The third-order valence-electron chi connectivity index (χ3n) is 3.92. The molecule has 0 saturated carbocycles. The van der Waals surface area contributed by atoms with Crippen molar-refractivity contribution < 1.29 is 9.21 Å². The molecule has 0 aliphatic carbocycles. The highest BCUT2D eigenvalue weighted by atomic mass is 35.5. The number of nitrogens with one attached hydrogen (secondary N) is 1. The molecule has 0 spiro atoms. The van der Waals surface area contributed by atoms with Gasteiger partial charge in [-0.2, -0.15) is 5.10 Å². The molecule has 5 heteroatoms. The monoisotopic (exact) mass is 348 g/mol. The molecule has 25 heavy (non-hydrogen) atoms. The van der Waals surface area contributed by atoms with E-state index in [1.807, 2.05) is 54.6 Å². The van der Waals surface area contributed by atoms with Crippen LogP contribution in [0.1, 0.15) is 16.1 Å². The fourth-order valence-corrected chi connectivity index (χ4v) is 2.88. The van der Waals surface area contributed by atoms with Crippen LogP contribution in [0.4, 0.5) is 0 Å². The quantitative estimate of drug-likeness (QED) is 0.418. The zero-order valence-electron chi connectivity index (χ0n) is 13.1. The van der Waals surface area contributed by atoms with Gasteiger partial charge in [0.25, 0.3) is 0 Å². The third kappa shape index (κ3) is 2.99. The Kier molecular flexibility index (Phi) is 3.96. The van der Waals surface area contributed by atoms with E-state index in [0.29, 0.717) is 10.6 Å². The second-order valence-electron chi connectivity index (χ2n) is 5.53.